The Hall–Kier alpha value is -3.16. The van der Waals surface area contributed by atoms with E-state index in [-0.39, 0.29) is 30.0 Å². The second-order valence-corrected chi connectivity index (χ2v) is 6.19. The number of pyridine rings is 1. The van der Waals surface area contributed by atoms with Gasteiger partial charge in [0.15, 0.2) is 11.7 Å². The minimum Gasteiger partial charge on any atom is -0.459 e. The Morgan fingerprint density at radius 2 is 2.20 bits per heavy atom. The van der Waals surface area contributed by atoms with E-state index < -0.39 is 5.54 Å². The SMILES string of the molecule is Cc1ccoc1C(=O)Nc1ccnc(C2(C)CC(=O)N(C)C(N)=N2)c1. The second-order valence-electron chi connectivity index (χ2n) is 6.19. The number of nitrogens with two attached hydrogens (primary N) is 1. The summed E-state index contributed by atoms with van der Waals surface area (Å²) in [7, 11) is 1.58. The lowest BCUT2D eigenvalue weighted by Gasteiger charge is -2.32. The fourth-order valence-corrected chi connectivity index (χ4v) is 2.65. The number of amides is 2. The Balaban J connectivity index is 1.88. The molecule has 1 aliphatic heterocycles. The summed E-state index contributed by atoms with van der Waals surface area (Å²) < 4.78 is 5.19. The first-order valence-electron chi connectivity index (χ1n) is 7.74. The summed E-state index contributed by atoms with van der Waals surface area (Å²) in [4.78, 5) is 34.4. The normalized spacial score (nSPS) is 20.4. The summed E-state index contributed by atoms with van der Waals surface area (Å²) in [5.74, 6) is -0.104. The van der Waals surface area contributed by atoms with Gasteiger partial charge in [-0.1, -0.05) is 0 Å². The fraction of sp³-hybridized carbons (Fsp3) is 0.294. The molecule has 2 aromatic rings. The number of carbonyl (C=O) groups excluding carboxylic acids is 2. The van der Waals surface area contributed by atoms with Gasteiger partial charge in [-0.15, -0.1) is 0 Å². The molecule has 0 aromatic carbocycles. The number of aliphatic imine (C=N–C) groups is 1. The van der Waals surface area contributed by atoms with Crippen molar-refractivity contribution in [3.8, 4) is 0 Å². The van der Waals surface area contributed by atoms with Gasteiger partial charge in [-0.2, -0.15) is 0 Å². The van der Waals surface area contributed by atoms with E-state index in [1.54, 1.807) is 45.3 Å². The Kier molecular flexibility index (Phi) is 4.03. The van der Waals surface area contributed by atoms with Crippen LogP contribution in [0.3, 0.4) is 0 Å². The summed E-state index contributed by atoms with van der Waals surface area (Å²) in [6, 6.07) is 5.06. The number of aromatic nitrogens is 1. The average molecular weight is 341 g/mol. The van der Waals surface area contributed by atoms with E-state index in [1.165, 1.54) is 11.2 Å². The molecule has 0 saturated heterocycles. The van der Waals surface area contributed by atoms with Gasteiger partial charge in [0, 0.05) is 24.5 Å². The van der Waals surface area contributed by atoms with E-state index >= 15 is 0 Å². The van der Waals surface area contributed by atoms with E-state index in [4.69, 9.17) is 10.2 Å². The molecule has 8 heteroatoms. The number of rotatable bonds is 3. The van der Waals surface area contributed by atoms with Crippen LogP contribution in [0.2, 0.25) is 0 Å². The van der Waals surface area contributed by atoms with Crippen molar-refractivity contribution in [3.63, 3.8) is 0 Å². The van der Waals surface area contributed by atoms with Crippen LogP contribution >= 0.6 is 0 Å². The Labute approximate surface area is 144 Å². The molecule has 2 aromatic heterocycles. The first kappa shape index (κ1) is 16.7. The third-order valence-electron chi connectivity index (χ3n) is 4.21. The molecule has 2 amide bonds. The maximum absolute atomic E-state index is 12.3. The van der Waals surface area contributed by atoms with Crippen LogP contribution < -0.4 is 11.1 Å². The minimum atomic E-state index is -0.880. The zero-order valence-corrected chi connectivity index (χ0v) is 14.2. The van der Waals surface area contributed by atoms with E-state index in [1.807, 2.05) is 0 Å². The molecule has 3 N–H and O–H groups in total. The molecule has 8 nitrogen and oxygen atoms in total. The number of aryl methyl sites for hydroxylation is 1. The van der Waals surface area contributed by atoms with Crippen molar-refractivity contribution < 1.29 is 14.0 Å². The third kappa shape index (κ3) is 3.10. The van der Waals surface area contributed by atoms with Crippen LogP contribution in [-0.4, -0.2) is 34.7 Å². The number of nitrogens with zero attached hydrogens (tertiary/aromatic N) is 3. The predicted octanol–water partition coefficient (Wildman–Crippen LogP) is 1.63. The number of anilines is 1. The van der Waals surface area contributed by atoms with Crippen LogP contribution in [0, 0.1) is 6.92 Å². The highest BCUT2D eigenvalue weighted by Crippen LogP contribution is 2.32. The largest absolute Gasteiger partial charge is 0.459 e. The molecule has 3 heterocycles. The fourth-order valence-electron chi connectivity index (χ4n) is 2.65. The Bertz CT molecular complexity index is 873. The summed E-state index contributed by atoms with van der Waals surface area (Å²) >= 11 is 0. The summed E-state index contributed by atoms with van der Waals surface area (Å²) in [5, 5.41) is 2.77. The van der Waals surface area contributed by atoms with E-state index in [0.717, 1.165) is 5.56 Å². The highest BCUT2D eigenvalue weighted by atomic mass is 16.3. The molecule has 0 fully saturated rings. The molecule has 1 unspecified atom stereocenters. The van der Waals surface area contributed by atoms with Gasteiger partial charge in [0.2, 0.25) is 5.91 Å². The predicted molar refractivity (Wildman–Crippen MR) is 92.0 cm³/mol. The van der Waals surface area contributed by atoms with Crippen molar-refractivity contribution in [1.82, 2.24) is 9.88 Å². The van der Waals surface area contributed by atoms with Gasteiger partial charge >= 0.3 is 0 Å². The molecule has 0 aliphatic carbocycles. The van der Waals surface area contributed by atoms with Gasteiger partial charge in [-0.05, 0) is 32.0 Å². The molecular formula is C17H19N5O3. The first-order chi connectivity index (χ1) is 11.8. The monoisotopic (exact) mass is 341 g/mol. The molecule has 0 saturated carbocycles. The van der Waals surface area contributed by atoms with Crippen LogP contribution in [0.5, 0.6) is 0 Å². The number of nitrogens with one attached hydrogen (secondary N) is 1. The topological polar surface area (TPSA) is 114 Å². The van der Waals surface area contributed by atoms with Crippen LogP contribution in [0.1, 0.15) is 35.2 Å². The molecule has 0 bridgehead atoms. The number of carbonyl (C=O) groups is 2. The molecule has 1 aliphatic rings. The van der Waals surface area contributed by atoms with Crippen LogP contribution in [0.15, 0.2) is 40.1 Å². The van der Waals surface area contributed by atoms with Crippen molar-refractivity contribution in [2.75, 3.05) is 12.4 Å². The smallest absolute Gasteiger partial charge is 0.291 e. The molecule has 130 valence electrons. The van der Waals surface area contributed by atoms with Crippen molar-refractivity contribution >= 4 is 23.5 Å². The first-order valence-corrected chi connectivity index (χ1v) is 7.74. The van der Waals surface area contributed by atoms with E-state index in [9.17, 15) is 9.59 Å². The highest BCUT2D eigenvalue weighted by Gasteiger charge is 2.37. The van der Waals surface area contributed by atoms with Crippen LogP contribution in [0.25, 0.3) is 0 Å². The van der Waals surface area contributed by atoms with Crippen molar-refractivity contribution in [3.05, 3.63) is 47.7 Å². The maximum atomic E-state index is 12.3. The van der Waals surface area contributed by atoms with Gasteiger partial charge in [0.1, 0.15) is 5.54 Å². The van der Waals surface area contributed by atoms with Gasteiger partial charge < -0.3 is 15.5 Å². The number of furan rings is 1. The zero-order chi connectivity index (χ0) is 18.2. The van der Waals surface area contributed by atoms with E-state index in [0.29, 0.717) is 11.4 Å². The lowest BCUT2D eigenvalue weighted by molar-refractivity contribution is -0.128. The van der Waals surface area contributed by atoms with Gasteiger partial charge in [0.25, 0.3) is 5.91 Å². The molecule has 3 rings (SSSR count). The Morgan fingerprint density at radius 3 is 2.84 bits per heavy atom. The van der Waals surface area contributed by atoms with Gasteiger partial charge in [-0.25, -0.2) is 4.99 Å². The molecule has 0 radical (unpaired) electrons. The Morgan fingerprint density at radius 1 is 1.44 bits per heavy atom. The summed E-state index contributed by atoms with van der Waals surface area (Å²) in [6.45, 7) is 3.58. The van der Waals surface area contributed by atoms with Crippen LogP contribution in [-0.2, 0) is 10.3 Å². The van der Waals surface area contributed by atoms with Crippen molar-refractivity contribution in [2.45, 2.75) is 25.8 Å². The standard InChI is InChI=1S/C17H19N5O3/c1-10-5-7-25-14(10)15(24)20-11-4-6-19-12(8-11)17(2)9-13(23)22(3)16(18)21-17/h4-8H,9H2,1-3H3,(H2,18,21)(H,19,20,24). The molecule has 1 atom stereocenters. The summed E-state index contributed by atoms with van der Waals surface area (Å²) in [5.41, 5.74) is 6.78. The maximum Gasteiger partial charge on any atom is 0.291 e. The molecular weight excluding hydrogens is 322 g/mol. The third-order valence-corrected chi connectivity index (χ3v) is 4.21. The lowest BCUT2D eigenvalue weighted by atomic mass is 9.91. The van der Waals surface area contributed by atoms with Gasteiger partial charge in [-0.3, -0.25) is 19.5 Å². The minimum absolute atomic E-state index is 0.140. The molecule has 25 heavy (non-hydrogen) atoms. The number of hydrogen-bond donors (Lipinski definition) is 2. The van der Waals surface area contributed by atoms with E-state index in [2.05, 4.69) is 15.3 Å². The number of hydrogen-bond acceptors (Lipinski definition) is 6. The molecule has 0 spiro atoms. The summed E-state index contributed by atoms with van der Waals surface area (Å²) in [6.07, 6.45) is 3.16. The highest BCUT2D eigenvalue weighted by molar-refractivity contribution is 6.03. The average Bonchev–Trinajstić information content (AvgIpc) is 2.99. The zero-order valence-electron chi connectivity index (χ0n) is 14.2. The van der Waals surface area contributed by atoms with Crippen molar-refractivity contribution in [1.29, 1.82) is 0 Å². The van der Waals surface area contributed by atoms with Crippen LogP contribution in [0.4, 0.5) is 5.69 Å². The number of guanidine groups is 1. The second kappa shape index (κ2) is 6.04. The quantitative estimate of drug-likeness (QED) is 0.880. The van der Waals surface area contributed by atoms with Crippen molar-refractivity contribution in [2.24, 2.45) is 10.7 Å². The lowest BCUT2D eigenvalue weighted by Crippen LogP contribution is -2.47. The van der Waals surface area contributed by atoms with Gasteiger partial charge in [0.05, 0.1) is 18.4 Å².